The number of nitrogens with zero attached hydrogens (tertiary/aromatic N) is 3. The lowest BCUT2D eigenvalue weighted by atomic mass is 10.2. The predicted octanol–water partition coefficient (Wildman–Crippen LogP) is 3.17. The van der Waals surface area contributed by atoms with E-state index in [2.05, 4.69) is 10.3 Å². The summed E-state index contributed by atoms with van der Waals surface area (Å²) >= 11 is 1.25. The molecule has 1 aliphatic rings. The van der Waals surface area contributed by atoms with E-state index in [0.29, 0.717) is 23.9 Å². The van der Waals surface area contributed by atoms with E-state index in [-0.39, 0.29) is 10.8 Å². The number of sulfonamides is 1. The van der Waals surface area contributed by atoms with Gasteiger partial charge in [0.05, 0.1) is 22.0 Å². The van der Waals surface area contributed by atoms with Crippen molar-refractivity contribution < 1.29 is 13.2 Å². The minimum Gasteiger partial charge on any atom is -0.337 e. The largest absolute Gasteiger partial charge is 0.337 e. The molecule has 0 aliphatic carbocycles. The van der Waals surface area contributed by atoms with Gasteiger partial charge in [0.25, 0.3) is 0 Å². The summed E-state index contributed by atoms with van der Waals surface area (Å²) < 4.78 is 28.2. The summed E-state index contributed by atoms with van der Waals surface area (Å²) in [6.45, 7) is 2.87. The third-order valence-corrected chi connectivity index (χ3v) is 8.24. The third-order valence-electron chi connectivity index (χ3n) is 5.24. The van der Waals surface area contributed by atoms with Crippen LogP contribution in [0.4, 0.5) is 5.69 Å². The molecule has 0 bridgehead atoms. The summed E-state index contributed by atoms with van der Waals surface area (Å²) in [7, 11) is -3.47. The molecule has 1 aromatic heterocycles. The molecule has 1 aliphatic heterocycles. The van der Waals surface area contributed by atoms with Gasteiger partial charge in [-0.3, -0.25) is 4.79 Å². The van der Waals surface area contributed by atoms with Gasteiger partial charge in [-0.1, -0.05) is 42.1 Å². The van der Waals surface area contributed by atoms with Crippen LogP contribution in [0.25, 0.3) is 11.3 Å². The van der Waals surface area contributed by atoms with E-state index < -0.39 is 15.3 Å². The van der Waals surface area contributed by atoms with Gasteiger partial charge in [-0.05, 0) is 44.0 Å². The minimum absolute atomic E-state index is 0.227. The molecule has 3 N–H and O–H groups in total. The van der Waals surface area contributed by atoms with Gasteiger partial charge in [-0.2, -0.15) is 4.31 Å². The zero-order valence-corrected chi connectivity index (χ0v) is 19.3. The van der Waals surface area contributed by atoms with Crippen molar-refractivity contribution in [3.05, 3.63) is 60.8 Å². The smallest absolute Gasteiger partial charge is 0.243 e. The predicted molar refractivity (Wildman–Crippen MR) is 126 cm³/mol. The highest BCUT2D eigenvalue weighted by molar-refractivity contribution is 8.00. The number of carbonyl (C=O) groups excluding carboxylic acids is 1. The Morgan fingerprint density at radius 1 is 1.09 bits per heavy atom. The molecule has 0 unspecified atom stereocenters. The molecule has 0 spiro atoms. The number of aromatic nitrogens is 2. The molecule has 0 saturated carbocycles. The number of hydrogen-bond acceptors (Lipinski definition) is 6. The molecule has 3 aromatic rings. The van der Waals surface area contributed by atoms with Gasteiger partial charge in [0.1, 0.15) is 0 Å². The minimum atomic E-state index is -3.47. The van der Waals surface area contributed by atoms with Crippen LogP contribution in [0.3, 0.4) is 0 Å². The summed E-state index contributed by atoms with van der Waals surface area (Å²) in [5.41, 5.74) is 2.21. The maximum atomic E-state index is 12.7. The molecule has 4 rings (SSSR count). The number of anilines is 1. The average molecular weight is 472 g/mol. The van der Waals surface area contributed by atoms with Crippen molar-refractivity contribution in [1.29, 1.82) is 0 Å². The molecular weight excluding hydrogens is 446 g/mol. The number of hydrogen-bond donors (Lipinski definition) is 2. The van der Waals surface area contributed by atoms with Crippen LogP contribution in [0.5, 0.6) is 0 Å². The molecule has 2 heterocycles. The van der Waals surface area contributed by atoms with Crippen LogP contribution in [-0.2, 0) is 14.8 Å². The van der Waals surface area contributed by atoms with Crippen LogP contribution in [0, 0.1) is 0 Å². The maximum absolute atomic E-state index is 12.7. The molecule has 168 valence electrons. The lowest BCUT2D eigenvalue weighted by Gasteiger charge is -2.16. The lowest BCUT2D eigenvalue weighted by molar-refractivity contribution is -0.115. The van der Waals surface area contributed by atoms with Crippen molar-refractivity contribution in [1.82, 2.24) is 14.0 Å². The Balaban J connectivity index is 1.39. The number of nitrogen functional groups attached to an aromatic ring is 1. The van der Waals surface area contributed by atoms with E-state index in [1.807, 2.05) is 30.3 Å². The number of thioether (sulfide) groups is 1. The zero-order chi connectivity index (χ0) is 22.7. The van der Waals surface area contributed by atoms with E-state index in [9.17, 15) is 13.2 Å². The van der Waals surface area contributed by atoms with Gasteiger partial charge in [0.2, 0.25) is 15.9 Å². The molecule has 1 amide bonds. The van der Waals surface area contributed by atoms with Crippen molar-refractivity contribution in [3.63, 3.8) is 0 Å². The van der Waals surface area contributed by atoms with E-state index in [0.717, 1.165) is 24.1 Å². The van der Waals surface area contributed by atoms with Crippen LogP contribution in [0.2, 0.25) is 0 Å². The first-order valence-electron chi connectivity index (χ1n) is 10.3. The number of benzene rings is 2. The van der Waals surface area contributed by atoms with Crippen LogP contribution in [-0.4, -0.2) is 46.6 Å². The van der Waals surface area contributed by atoms with Gasteiger partial charge in [0, 0.05) is 24.3 Å². The Morgan fingerprint density at radius 2 is 1.75 bits per heavy atom. The van der Waals surface area contributed by atoms with Gasteiger partial charge < -0.3 is 11.2 Å². The number of amides is 1. The number of carbonyl (C=O) groups is 1. The van der Waals surface area contributed by atoms with Gasteiger partial charge in [-0.15, -0.1) is 0 Å². The van der Waals surface area contributed by atoms with Crippen molar-refractivity contribution >= 4 is 33.4 Å². The number of imidazole rings is 1. The average Bonchev–Trinajstić information content (AvgIpc) is 3.46. The number of rotatable bonds is 7. The molecule has 0 radical (unpaired) electrons. The van der Waals surface area contributed by atoms with Crippen molar-refractivity contribution in [3.8, 4) is 11.3 Å². The highest BCUT2D eigenvalue weighted by Gasteiger charge is 2.27. The first kappa shape index (κ1) is 22.4. The molecule has 1 atom stereocenters. The molecule has 32 heavy (non-hydrogen) atoms. The fraction of sp³-hybridized carbons (Fsp3) is 0.273. The quantitative estimate of drug-likeness (QED) is 0.405. The molecule has 1 saturated heterocycles. The summed E-state index contributed by atoms with van der Waals surface area (Å²) in [4.78, 5) is 17.4. The Hall–Kier alpha value is -2.82. The first-order valence-corrected chi connectivity index (χ1v) is 12.6. The third kappa shape index (κ3) is 4.82. The molecule has 10 heteroatoms. The fourth-order valence-electron chi connectivity index (χ4n) is 3.46. The van der Waals surface area contributed by atoms with Gasteiger partial charge in [-0.25, -0.2) is 18.1 Å². The molecule has 8 nitrogen and oxygen atoms in total. The van der Waals surface area contributed by atoms with E-state index in [1.54, 1.807) is 25.3 Å². The Bertz CT molecular complexity index is 1190. The summed E-state index contributed by atoms with van der Waals surface area (Å²) in [5.74, 6) is 5.80. The summed E-state index contributed by atoms with van der Waals surface area (Å²) in [6.07, 6.45) is 3.50. The standard InChI is InChI=1S/C22H25N5O3S2/c1-16(31-22-25-20(15-27(22)23)17-7-3-2-4-8-17)21(28)24-18-9-11-19(12-10-18)32(29,30)26-13-5-6-14-26/h2-4,7-12,15-16H,5-6,13-14,23H2,1H3,(H,24,28)/t16-/m1/s1. The SMILES string of the molecule is C[C@@H](Sc1nc(-c2ccccc2)cn1N)C(=O)Nc1ccc(S(=O)(=O)N2CCCC2)cc1. The summed E-state index contributed by atoms with van der Waals surface area (Å²) in [5, 5.41) is 2.89. The highest BCUT2D eigenvalue weighted by atomic mass is 32.2. The second-order valence-corrected chi connectivity index (χ2v) is 10.8. The first-order chi connectivity index (χ1) is 15.3. The van der Waals surface area contributed by atoms with Crippen molar-refractivity contribution in [2.45, 2.75) is 35.1 Å². The number of nitrogens with two attached hydrogens (primary N) is 1. The van der Waals surface area contributed by atoms with Crippen LogP contribution >= 0.6 is 11.8 Å². The Morgan fingerprint density at radius 3 is 2.41 bits per heavy atom. The fourth-order valence-corrected chi connectivity index (χ4v) is 5.78. The second kappa shape index (κ2) is 9.35. The molecular formula is C22H25N5O3S2. The van der Waals surface area contributed by atoms with E-state index >= 15 is 0 Å². The normalized spacial score (nSPS) is 15.5. The monoisotopic (exact) mass is 471 g/mol. The van der Waals surface area contributed by atoms with E-state index in [1.165, 1.54) is 32.9 Å². The van der Waals surface area contributed by atoms with Crippen LogP contribution < -0.4 is 11.2 Å². The van der Waals surface area contributed by atoms with Gasteiger partial charge in [0.15, 0.2) is 5.16 Å². The van der Waals surface area contributed by atoms with E-state index in [4.69, 9.17) is 5.84 Å². The van der Waals surface area contributed by atoms with Crippen LogP contribution in [0.15, 0.2) is 70.8 Å². The number of nitrogens with one attached hydrogen (secondary N) is 1. The Kier molecular flexibility index (Phi) is 6.54. The molecule has 2 aromatic carbocycles. The highest BCUT2D eigenvalue weighted by Crippen LogP contribution is 2.27. The second-order valence-electron chi connectivity index (χ2n) is 7.57. The van der Waals surface area contributed by atoms with Crippen molar-refractivity contribution in [2.75, 3.05) is 24.2 Å². The zero-order valence-electron chi connectivity index (χ0n) is 17.6. The molecule has 1 fully saturated rings. The lowest BCUT2D eigenvalue weighted by Crippen LogP contribution is -2.28. The summed E-state index contributed by atoms with van der Waals surface area (Å²) in [6, 6.07) is 15.9. The van der Waals surface area contributed by atoms with Crippen LogP contribution in [0.1, 0.15) is 19.8 Å². The van der Waals surface area contributed by atoms with Gasteiger partial charge >= 0.3 is 0 Å². The Labute approximate surface area is 191 Å². The van der Waals surface area contributed by atoms with Crippen molar-refractivity contribution in [2.24, 2.45) is 0 Å². The topological polar surface area (TPSA) is 110 Å². The maximum Gasteiger partial charge on any atom is 0.243 e.